The van der Waals surface area contributed by atoms with Gasteiger partial charge < -0.3 is 5.11 Å². The third-order valence-electron chi connectivity index (χ3n) is 1.46. The standard InChI is InChI=1S/C8H7N3O4/c12-8(13)5-9-10-6-3-1-2-4-7(6)11(14)15/h1-5,10H,(H,12,13)/b9-5-. The van der Waals surface area contributed by atoms with Crippen LogP contribution in [0.1, 0.15) is 0 Å². The predicted molar refractivity (Wildman–Crippen MR) is 52.8 cm³/mol. The van der Waals surface area contributed by atoms with E-state index in [0.29, 0.717) is 6.21 Å². The van der Waals surface area contributed by atoms with Crippen molar-refractivity contribution in [3.05, 3.63) is 34.4 Å². The fourth-order valence-corrected chi connectivity index (χ4v) is 0.884. The first-order valence-electron chi connectivity index (χ1n) is 3.86. The van der Waals surface area contributed by atoms with Crippen LogP contribution in [0.15, 0.2) is 29.4 Å². The normalized spacial score (nSPS) is 10.1. The van der Waals surface area contributed by atoms with Crippen molar-refractivity contribution in [1.82, 2.24) is 0 Å². The van der Waals surface area contributed by atoms with Crippen LogP contribution in [0, 0.1) is 10.1 Å². The molecule has 1 rings (SSSR count). The van der Waals surface area contributed by atoms with Crippen LogP contribution in [0.4, 0.5) is 11.4 Å². The maximum atomic E-state index is 10.5. The first-order valence-corrected chi connectivity index (χ1v) is 3.86. The maximum Gasteiger partial charge on any atom is 0.348 e. The zero-order valence-corrected chi connectivity index (χ0v) is 7.45. The van der Waals surface area contributed by atoms with Crippen molar-refractivity contribution >= 4 is 23.6 Å². The number of carboxylic acids is 1. The Morgan fingerprint density at radius 1 is 1.53 bits per heavy atom. The van der Waals surface area contributed by atoms with E-state index < -0.39 is 10.9 Å². The van der Waals surface area contributed by atoms with Gasteiger partial charge in [0.2, 0.25) is 0 Å². The van der Waals surface area contributed by atoms with E-state index in [0.717, 1.165) is 0 Å². The lowest BCUT2D eigenvalue weighted by molar-refractivity contribution is -0.384. The highest BCUT2D eigenvalue weighted by Gasteiger charge is 2.10. The molecule has 2 N–H and O–H groups in total. The van der Waals surface area contributed by atoms with E-state index in [-0.39, 0.29) is 11.4 Å². The zero-order chi connectivity index (χ0) is 11.3. The fourth-order valence-electron chi connectivity index (χ4n) is 0.884. The molecule has 0 heterocycles. The van der Waals surface area contributed by atoms with E-state index in [2.05, 4.69) is 10.5 Å². The van der Waals surface area contributed by atoms with Gasteiger partial charge in [-0.05, 0) is 6.07 Å². The summed E-state index contributed by atoms with van der Waals surface area (Å²) in [5, 5.41) is 22.1. The Kier molecular flexibility index (Phi) is 3.33. The van der Waals surface area contributed by atoms with Gasteiger partial charge in [0.15, 0.2) is 0 Å². The van der Waals surface area contributed by atoms with Gasteiger partial charge >= 0.3 is 5.97 Å². The Labute approximate surface area is 84.2 Å². The lowest BCUT2D eigenvalue weighted by atomic mass is 10.3. The molecule has 0 saturated carbocycles. The molecule has 1 aromatic carbocycles. The van der Waals surface area contributed by atoms with Crippen LogP contribution in [0.2, 0.25) is 0 Å². The van der Waals surface area contributed by atoms with Crippen LogP contribution >= 0.6 is 0 Å². The van der Waals surface area contributed by atoms with Gasteiger partial charge in [0.25, 0.3) is 5.69 Å². The molecule has 0 bridgehead atoms. The molecule has 0 amide bonds. The number of carboxylic acid groups (broad SMARTS) is 1. The molecule has 0 saturated heterocycles. The Morgan fingerprint density at radius 3 is 2.80 bits per heavy atom. The van der Waals surface area contributed by atoms with Crippen molar-refractivity contribution in [1.29, 1.82) is 0 Å². The Hall–Kier alpha value is -2.44. The number of nitrogens with one attached hydrogen (secondary N) is 1. The third-order valence-corrected chi connectivity index (χ3v) is 1.46. The average molecular weight is 209 g/mol. The molecule has 7 heteroatoms. The van der Waals surface area contributed by atoms with E-state index in [9.17, 15) is 14.9 Å². The number of para-hydroxylation sites is 2. The molecule has 0 unspecified atom stereocenters. The summed E-state index contributed by atoms with van der Waals surface area (Å²) in [6.45, 7) is 0. The van der Waals surface area contributed by atoms with Gasteiger partial charge in [-0.15, -0.1) is 0 Å². The smallest absolute Gasteiger partial charge is 0.348 e. The van der Waals surface area contributed by atoms with Crippen LogP contribution in [0.25, 0.3) is 0 Å². The van der Waals surface area contributed by atoms with E-state index >= 15 is 0 Å². The summed E-state index contributed by atoms with van der Waals surface area (Å²) >= 11 is 0. The molecule has 15 heavy (non-hydrogen) atoms. The van der Waals surface area contributed by atoms with Crippen LogP contribution in [-0.4, -0.2) is 22.2 Å². The molecule has 0 aliphatic rings. The van der Waals surface area contributed by atoms with Crippen molar-refractivity contribution < 1.29 is 14.8 Å². The number of nitro groups is 1. The van der Waals surface area contributed by atoms with Crippen molar-refractivity contribution in [2.24, 2.45) is 5.10 Å². The molecule has 0 aromatic heterocycles. The van der Waals surface area contributed by atoms with Crippen LogP contribution in [0.5, 0.6) is 0 Å². The van der Waals surface area contributed by atoms with E-state index in [1.807, 2.05) is 0 Å². The summed E-state index contributed by atoms with van der Waals surface area (Å²) in [4.78, 5) is 20.0. The van der Waals surface area contributed by atoms with Gasteiger partial charge in [-0.25, -0.2) is 4.79 Å². The Morgan fingerprint density at radius 2 is 2.20 bits per heavy atom. The first kappa shape index (κ1) is 10.6. The van der Waals surface area contributed by atoms with Gasteiger partial charge in [-0.1, -0.05) is 12.1 Å². The summed E-state index contributed by atoms with van der Waals surface area (Å²) < 4.78 is 0. The van der Waals surface area contributed by atoms with Gasteiger partial charge in [0, 0.05) is 6.07 Å². The second-order valence-electron chi connectivity index (χ2n) is 2.48. The molecule has 0 radical (unpaired) electrons. The minimum absolute atomic E-state index is 0.139. The molecule has 0 aliphatic carbocycles. The molecular weight excluding hydrogens is 202 g/mol. The van der Waals surface area contributed by atoms with Crippen LogP contribution < -0.4 is 5.43 Å². The molecule has 0 aliphatic heterocycles. The fraction of sp³-hybridized carbons (Fsp3) is 0. The highest BCUT2D eigenvalue weighted by atomic mass is 16.6. The number of anilines is 1. The maximum absolute atomic E-state index is 10.5. The van der Waals surface area contributed by atoms with Crippen molar-refractivity contribution in [2.75, 3.05) is 5.43 Å². The largest absolute Gasteiger partial charge is 0.477 e. The second kappa shape index (κ2) is 4.70. The molecule has 0 fully saturated rings. The van der Waals surface area contributed by atoms with Crippen molar-refractivity contribution in [3.8, 4) is 0 Å². The summed E-state index contributed by atoms with van der Waals surface area (Å²) in [7, 11) is 0. The number of hydrogen-bond acceptors (Lipinski definition) is 5. The zero-order valence-electron chi connectivity index (χ0n) is 7.45. The number of benzene rings is 1. The minimum Gasteiger partial charge on any atom is -0.477 e. The predicted octanol–water partition coefficient (Wildman–Crippen LogP) is 1.08. The molecular formula is C8H7N3O4. The summed E-state index contributed by atoms with van der Waals surface area (Å²) in [5.74, 6) is -1.24. The number of aliphatic carboxylic acids is 1. The summed E-state index contributed by atoms with van der Waals surface area (Å²) in [6.07, 6.45) is 0.608. The van der Waals surface area contributed by atoms with Gasteiger partial charge in [0.05, 0.1) is 4.92 Å². The summed E-state index contributed by atoms with van der Waals surface area (Å²) in [5.41, 5.74) is 2.25. The lowest BCUT2D eigenvalue weighted by Crippen LogP contribution is -2.00. The third kappa shape index (κ3) is 3.07. The summed E-state index contributed by atoms with van der Waals surface area (Å²) in [6, 6.07) is 5.80. The average Bonchev–Trinajstić information content (AvgIpc) is 2.17. The van der Waals surface area contributed by atoms with Gasteiger partial charge in [-0.2, -0.15) is 5.10 Å². The Bertz CT molecular complexity index is 416. The first-order chi connectivity index (χ1) is 7.11. The SMILES string of the molecule is O=C(O)/C=N\Nc1ccccc1[N+](=O)[O-]. The molecule has 78 valence electrons. The number of nitro benzene ring substituents is 1. The number of hydrazone groups is 1. The molecule has 0 atom stereocenters. The minimum atomic E-state index is -1.24. The monoisotopic (exact) mass is 209 g/mol. The van der Waals surface area contributed by atoms with E-state index in [1.54, 1.807) is 6.07 Å². The number of hydrogen-bond donors (Lipinski definition) is 2. The molecule has 0 spiro atoms. The van der Waals surface area contributed by atoms with Gasteiger partial charge in [0.1, 0.15) is 11.9 Å². The van der Waals surface area contributed by atoms with Crippen LogP contribution in [-0.2, 0) is 4.79 Å². The van der Waals surface area contributed by atoms with Crippen molar-refractivity contribution in [3.63, 3.8) is 0 Å². The number of nitrogens with zero attached hydrogens (tertiary/aromatic N) is 2. The molecule has 1 aromatic rings. The highest BCUT2D eigenvalue weighted by Crippen LogP contribution is 2.22. The van der Waals surface area contributed by atoms with Gasteiger partial charge in [-0.3, -0.25) is 15.5 Å². The number of carbonyl (C=O) groups is 1. The van der Waals surface area contributed by atoms with E-state index in [1.165, 1.54) is 18.2 Å². The Balaban J connectivity index is 2.85. The van der Waals surface area contributed by atoms with E-state index in [4.69, 9.17) is 5.11 Å². The number of rotatable bonds is 4. The second-order valence-corrected chi connectivity index (χ2v) is 2.48. The van der Waals surface area contributed by atoms with Crippen LogP contribution in [0.3, 0.4) is 0 Å². The topological polar surface area (TPSA) is 105 Å². The molecule has 7 nitrogen and oxygen atoms in total. The van der Waals surface area contributed by atoms with Crippen molar-refractivity contribution in [2.45, 2.75) is 0 Å². The lowest BCUT2D eigenvalue weighted by Gasteiger charge is -1.99. The highest BCUT2D eigenvalue weighted by molar-refractivity contribution is 6.22. The quantitative estimate of drug-likeness (QED) is 0.438.